The Balaban J connectivity index is 1.77. The molecule has 0 bridgehead atoms. The topological polar surface area (TPSA) is 34.0 Å². The highest BCUT2D eigenvalue weighted by Crippen LogP contribution is 2.33. The van der Waals surface area contributed by atoms with Crippen LogP contribution < -0.4 is 4.90 Å². The Morgan fingerprint density at radius 2 is 2.22 bits per heavy atom. The number of nitrogens with zero attached hydrogens (tertiary/aromatic N) is 4. The van der Waals surface area contributed by atoms with E-state index in [1.807, 2.05) is 6.07 Å². The van der Waals surface area contributed by atoms with Gasteiger partial charge in [0.05, 0.1) is 11.0 Å². The minimum absolute atomic E-state index is 0.129. The first kappa shape index (κ1) is 11.6. The zero-order valence-electron chi connectivity index (χ0n) is 9.68. The second-order valence-electron chi connectivity index (χ2n) is 4.25. The molecule has 94 valence electrons. The summed E-state index contributed by atoms with van der Waals surface area (Å²) in [7, 11) is 0. The maximum Gasteiger partial charge on any atom is 0.142 e. The molecule has 0 unspecified atom stereocenters. The van der Waals surface area contributed by atoms with Crippen molar-refractivity contribution in [1.29, 1.82) is 0 Å². The molecule has 1 aromatic heterocycles. The highest BCUT2D eigenvalue weighted by molar-refractivity contribution is 9.10. The molecule has 3 rings (SSSR count). The molecule has 1 aliphatic rings. The van der Waals surface area contributed by atoms with E-state index >= 15 is 0 Å². The van der Waals surface area contributed by atoms with Gasteiger partial charge in [-0.05, 0) is 34.5 Å². The second kappa shape index (κ2) is 4.68. The Kier molecular flexibility index (Phi) is 3.03. The molecule has 0 fully saturated rings. The Morgan fingerprint density at radius 1 is 1.33 bits per heavy atom. The summed E-state index contributed by atoms with van der Waals surface area (Å²) < 4.78 is 16.2. The first-order valence-corrected chi connectivity index (χ1v) is 6.59. The molecule has 4 nitrogen and oxygen atoms in total. The molecule has 0 atom stereocenters. The van der Waals surface area contributed by atoms with Crippen LogP contribution in [0.15, 0.2) is 29.3 Å². The van der Waals surface area contributed by atoms with E-state index < -0.39 is 0 Å². The van der Waals surface area contributed by atoms with Crippen molar-refractivity contribution in [3.63, 3.8) is 0 Å². The van der Waals surface area contributed by atoms with Crippen LogP contribution in [0.5, 0.6) is 0 Å². The van der Waals surface area contributed by atoms with Crippen molar-refractivity contribution in [2.45, 2.75) is 13.0 Å². The molecule has 1 aliphatic heterocycles. The highest BCUT2D eigenvalue weighted by atomic mass is 79.9. The van der Waals surface area contributed by atoms with Crippen LogP contribution in [0.1, 0.15) is 5.56 Å². The Bertz CT molecular complexity index is 555. The van der Waals surface area contributed by atoms with Gasteiger partial charge in [-0.2, -0.15) is 5.10 Å². The number of anilines is 1. The predicted octanol–water partition coefficient (Wildman–Crippen LogP) is 2.24. The van der Waals surface area contributed by atoms with Crippen LogP contribution in [0.4, 0.5) is 10.1 Å². The summed E-state index contributed by atoms with van der Waals surface area (Å²) >= 11 is 3.22. The van der Waals surface area contributed by atoms with Gasteiger partial charge < -0.3 is 4.90 Å². The Hall–Kier alpha value is -1.43. The molecule has 0 saturated heterocycles. The third-order valence-electron chi connectivity index (χ3n) is 3.21. The van der Waals surface area contributed by atoms with E-state index in [2.05, 4.69) is 30.9 Å². The smallest absolute Gasteiger partial charge is 0.142 e. The van der Waals surface area contributed by atoms with Gasteiger partial charge in [-0.1, -0.05) is 0 Å². The summed E-state index contributed by atoms with van der Waals surface area (Å²) in [6.45, 7) is 2.44. The van der Waals surface area contributed by atoms with Crippen molar-refractivity contribution < 1.29 is 4.39 Å². The van der Waals surface area contributed by atoms with Crippen LogP contribution in [0.2, 0.25) is 0 Å². The Labute approximate surface area is 113 Å². The van der Waals surface area contributed by atoms with Crippen LogP contribution in [-0.4, -0.2) is 27.9 Å². The van der Waals surface area contributed by atoms with Crippen molar-refractivity contribution in [3.8, 4) is 0 Å². The summed E-state index contributed by atoms with van der Waals surface area (Å²) in [5.41, 5.74) is 1.80. The van der Waals surface area contributed by atoms with Crippen LogP contribution in [0.25, 0.3) is 0 Å². The zero-order valence-corrected chi connectivity index (χ0v) is 11.3. The van der Waals surface area contributed by atoms with E-state index in [0.29, 0.717) is 4.47 Å². The van der Waals surface area contributed by atoms with Crippen molar-refractivity contribution >= 4 is 21.6 Å². The molecular formula is C12H12BrFN4. The Morgan fingerprint density at radius 3 is 3.00 bits per heavy atom. The predicted molar refractivity (Wildman–Crippen MR) is 70.0 cm³/mol. The molecule has 0 radical (unpaired) electrons. The van der Waals surface area contributed by atoms with E-state index in [-0.39, 0.29) is 5.82 Å². The molecule has 0 aliphatic carbocycles. The van der Waals surface area contributed by atoms with Gasteiger partial charge in [-0.25, -0.2) is 9.37 Å². The molecule has 1 aromatic carbocycles. The number of halogens is 2. The van der Waals surface area contributed by atoms with Crippen LogP contribution >= 0.6 is 15.9 Å². The lowest BCUT2D eigenvalue weighted by Crippen LogP contribution is -2.25. The largest absolute Gasteiger partial charge is 0.369 e. The van der Waals surface area contributed by atoms with Crippen molar-refractivity contribution in [2.24, 2.45) is 0 Å². The van der Waals surface area contributed by atoms with Gasteiger partial charge in [-0.15, -0.1) is 0 Å². The van der Waals surface area contributed by atoms with Gasteiger partial charge in [-0.3, -0.25) is 4.68 Å². The van der Waals surface area contributed by atoms with Crippen LogP contribution in [-0.2, 0) is 13.0 Å². The molecule has 0 amide bonds. The van der Waals surface area contributed by atoms with Crippen molar-refractivity contribution in [3.05, 3.63) is 40.6 Å². The summed E-state index contributed by atoms with van der Waals surface area (Å²) in [4.78, 5) is 6.09. The number of hydrogen-bond acceptors (Lipinski definition) is 3. The standard InChI is InChI=1S/C12H12BrFN4/c13-10-1-2-11-9(12(10)14)3-4-17(11)5-6-18-8-15-7-16-18/h1-2,7-8H,3-6H2. The van der Waals surface area contributed by atoms with E-state index in [1.165, 1.54) is 6.33 Å². The third kappa shape index (κ3) is 2.01. The quantitative estimate of drug-likeness (QED) is 0.872. The van der Waals surface area contributed by atoms with Gasteiger partial charge >= 0.3 is 0 Å². The van der Waals surface area contributed by atoms with Gasteiger partial charge in [0.1, 0.15) is 18.5 Å². The molecule has 0 spiro atoms. The fourth-order valence-electron chi connectivity index (χ4n) is 2.29. The molecule has 6 heteroatoms. The minimum Gasteiger partial charge on any atom is -0.369 e. The molecule has 2 heterocycles. The first-order valence-electron chi connectivity index (χ1n) is 5.80. The molecule has 0 saturated carbocycles. The lowest BCUT2D eigenvalue weighted by Gasteiger charge is -2.19. The maximum absolute atomic E-state index is 13.9. The fraction of sp³-hybridized carbons (Fsp3) is 0.333. The lowest BCUT2D eigenvalue weighted by molar-refractivity contribution is 0.600. The van der Waals surface area contributed by atoms with Crippen LogP contribution in [0.3, 0.4) is 0 Å². The number of fused-ring (bicyclic) bond motifs is 1. The van der Waals surface area contributed by atoms with E-state index in [9.17, 15) is 4.39 Å². The highest BCUT2D eigenvalue weighted by Gasteiger charge is 2.23. The average Bonchev–Trinajstić information content (AvgIpc) is 3.00. The summed E-state index contributed by atoms with van der Waals surface area (Å²) in [5, 5.41) is 4.06. The maximum atomic E-state index is 13.9. The molecule has 0 N–H and O–H groups in total. The van der Waals surface area contributed by atoms with E-state index in [4.69, 9.17) is 0 Å². The fourth-order valence-corrected chi connectivity index (χ4v) is 2.66. The summed E-state index contributed by atoms with van der Waals surface area (Å²) in [6.07, 6.45) is 3.98. The second-order valence-corrected chi connectivity index (χ2v) is 5.11. The van der Waals surface area contributed by atoms with Gasteiger partial charge in [0.2, 0.25) is 0 Å². The normalized spacial score (nSPS) is 14.0. The van der Waals surface area contributed by atoms with Crippen molar-refractivity contribution in [1.82, 2.24) is 14.8 Å². The van der Waals surface area contributed by atoms with Crippen LogP contribution in [0, 0.1) is 5.82 Å². The molecule has 18 heavy (non-hydrogen) atoms. The number of rotatable bonds is 3. The third-order valence-corrected chi connectivity index (χ3v) is 3.82. The van der Waals surface area contributed by atoms with Gasteiger partial charge in [0, 0.05) is 24.3 Å². The SMILES string of the molecule is Fc1c(Br)ccc2c1CCN2CCn1cncn1. The first-order chi connectivity index (χ1) is 8.75. The van der Waals surface area contributed by atoms with Gasteiger partial charge in [0.25, 0.3) is 0 Å². The number of benzene rings is 1. The lowest BCUT2D eigenvalue weighted by atomic mass is 10.1. The minimum atomic E-state index is -0.129. The zero-order chi connectivity index (χ0) is 12.5. The average molecular weight is 311 g/mol. The van der Waals surface area contributed by atoms with E-state index in [1.54, 1.807) is 17.1 Å². The van der Waals surface area contributed by atoms with Gasteiger partial charge in [0.15, 0.2) is 0 Å². The van der Waals surface area contributed by atoms with Crippen molar-refractivity contribution in [2.75, 3.05) is 18.0 Å². The number of hydrogen-bond donors (Lipinski definition) is 0. The molecular weight excluding hydrogens is 299 g/mol. The number of aromatic nitrogens is 3. The summed E-state index contributed by atoms with van der Waals surface area (Å²) in [6, 6.07) is 3.73. The molecule has 2 aromatic rings. The monoisotopic (exact) mass is 310 g/mol. The summed E-state index contributed by atoms with van der Waals surface area (Å²) in [5.74, 6) is -0.129. The van der Waals surface area contributed by atoms with E-state index in [0.717, 1.165) is 37.3 Å².